The Hall–Kier alpha value is -1.42. The first-order valence-corrected chi connectivity index (χ1v) is 6.28. The summed E-state index contributed by atoms with van der Waals surface area (Å²) in [5.74, 6) is 0.141. The van der Waals surface area contributed by atoms with Crippen molar-refractivity contribution in [3.8, 4) is 0 Å². The van der Waals surface area contributed by atoms with Crippen LogP contribution in [0.1, 0.15) is 26.0 Å². The number of pyridine rings is 1. The zero-order valence-electron chi connectivity index (χ0n) is 11.5. The Morgan fingerprint density at radius 1 is 1.44 bits per heavy atom. The van der Waals surface area contributed by atoms with Gasteiger partial charge in [0.25, 0.3) is 0 Å². The Balaban J connectivity index is 2.41. The molecule has 0 aliphatic rings. The van der Waals surface area contributed by atoms with E-state index < -0.39 is 0 Å². The van der Waals surface area contributed by atoms with E-state index in [9.17, 15) is 4.79 Å². The fourth-order valence-corrected chi connectivity index (χ4v) is 1.77. The number of nitrogens with zero attached hydrogens (tertiary/aromatic N) is 2. The monoisotopic (exact) mass is 249 g/mol. The summed E-state index contributed by atoms with van der Waals surface area (Å²) in [5.41, 5.74) is 6.60. The van der Waals surface area contributed by atoms with Gasteiger partial charge >= 0.3 is 0 Å². The maximum Gasteiger partial charge on any atom is 0.222 e. The molecule has 2 N–H and O–H groups in total. The van der Waals surface area contributed by atoms with Crippen LogP contribution in [0, 0.1) is 5.41 Å². The highest BCUT2D eigenvalue weighted by Gasteiger charge is 2.20. The van der Waals surface area contributed by atoms with E-state index in [2.05, 4.69) is 18.8 Å². The first-order chi connectivity index (χ1) is 8.44. The van der Waals surface area contributed by atoms with E-state index in [1.807, 2.05) is 25.2 Å². The number of aryl methyl sites for hydroxylation is 1. The van der Waals surface area contributed by atoms with Gasteiger partial charge in [0.2, 0.25) is 5.91 Å². The quantitative estimate of drug-likeness (QED) is 0.830. The minimum Gasteiger partial charge on any atom is -0.345 e. The second-order valence-electron chi connectivity index (χ2n) is 5.44. The molecule has 1 rings (SSSR count). The van der Waals surface area contributed by atoms with Gasteiger partial charge in [-0.2, -0.15) is 0 Å². The molecule has 0 radical (unpaired) electrons. The SMILES string of the molecule is CN(CC(C)(C)CN)C(=O)CCc1ccccn1. The summed E-state index contributed by atoms with van der Waals surface area (Å²) < 4.78 is 0. The molecule has 100 valence electrons. The minimum atomic E-state index is -0.0323. The lowest BCUT2D eigenvalue weighted by molar-refractivity contribution is -0.131. The molecule has 0 aliphatic heterocycles. The van der Waals surface area contributed by atoms with Gasteiger partial charge < -0.3 is 10.6 Å². The van der Waals surface area contributed by atoms with E-state index in [-0.39, 0.29) is 11.3 Å². The molecule has 4 nitrogen and oxygen atoms in total. The molecule has 0 saturated carbocycles. The van der Waals surface area contributed by atoms with Gasteiger partial charge in [-0.25, -0.2) is 0 Å². The smallest absolute Gasteiger partial charge is 0.222 e. The largest absolute Gasteiger partial charge is 0.345 e. The van der Waals surface area contributed by atoms with Crippen LogP contribution in [0.5, 0.6) is 0 Å². The van der Waals surface area contributed by atoms with Crippen molar-refractivity contribution in [2.24, 2.45) is 11.1 Å². The molecule has 0 atom stereocenters. The average molecular weight is 249 g/mol. The van der Waals surface area contributed by atoms with Crippen LogP contribution < -0.4 is 5.73 Å². The fraction of sp³-hybridized carbons (Fsp3) is 0.571. The van der Waals surface area contributed by atoms with Crippen LogP contribution in [0.3, 0.4) is 0 Å². The Morgan fingerprint density at radius 3 is 2.72 bits per heavy atom. The number of rotatable bonds is 6. The van der Waals surface area contributed by atoms with Crippen molar-refractivity contribution in [1.82, 2.24) is 9.88 Å². The second kappa shape index (κ2) is 6.50. The molecule has 0 fully saturated rings. The molecule has 1 aromatic rings. The molecule has 0 aromatic carbocycles. The number of carbonyl (C=O) groups is 1. The minimum absolute atomic E-state index is 0.0323. The maximum absolute atomic E-state index is 12.0. The van der Waals surface area contributed by atoms with Crippen LogP contribution in [0.2, 0.25) is 0 Å². The summed E-state index contributed by atoms with van der Waals surface area (Å²) in [6.45, 7) is 5.39. The highest BCUT2D eigenvalue weighted by atomic mass is 16.2. The molecule has 4 heteroatoms. The second-order valence-corrected chi connectivity index (χ2v) is 5.44. The van der Waals surface area contributed by atoms with E-state index in [0.717, 1.165) is 5.69 Å². The molecule has 0 bridgehead atoms. The van der Waals surface area contributed by atoms with E-state index >= 15 is 0 Å². The molecular formula is C14H23N3O. The number of aromatic nitrogens is 1. The maximum atomic E-state index is 12.0. The van der Waals surface area contributed by atoms with Gasteiger partial charge in [-0.05, 0) is 30.5 Å². The first-order valence-electron chi connectivity index (χ1n) is 6.28. The van der Waals surface area contributed by atoms with Gasteiger partial charge in [-0.3, -0.25) is 9.78 Å². The van der Waals surface area contributed by atoms with Crippen LogP contribution in [0.4, 0.5) is 0 Å². The molecule has 1 heterocycles. The van der Waals surface area contributed by atoms with E-state index in [1.165, 1.54) is 0 Å². The summed E-state index contributed by atoms with van der Waals surface area (Å²) in [7, 11) is 1.83. The molecular weight excluding hydrogens is 226 g/mol. The highest BCUT2D eigenvalue weighted by Crippen LogP contribution is 2.14. The highest BCUT2D eigenvalue weighted by molar-refractivity contribution is 5.76. The third-order valence-electron chi connectivity index (χ3n) is 2.96. The van der Waals surface area contributed by atoms with Crippen molar-refractivity contribution in [2.75, 3.05) is 20.1 Å². The van der Waals surface area contributed by atoms with E-state index in [1.54, 1.807) is 11.1 Å². The van der Waals surface area contributed by atoms with Crippen LogP contribution in [0.15, 0.2) is 24.4 Å². The standard InChI is InChI=1S/C14H23N3O/c1-14(2,10-15)11-17(3)13(18)8-7-12-6-4-5-9-16-12/h4-6,9H,7-8,10-11,15H2,1-3H3. The number of hydrogen-bond acceptors (Lipinski definition) is 3. The Bertz CT molecular complexity index is 376. The van der Waals surface area contributed by atoms with Gasteiger partial charge in [0.15, 0.2) is 0 Å². The van der Waals surface area contributed by atoms with Crippen molar-refractivity contribution in [3.63, 3.8) is 0 Å². The Morgan fingerprint density at radius 2 is 2.17 bits per heavy atom. The van der Waals surface area contributed by atoms with Gasteiger partial charge in [0, 0.05) is 31.9 Å². The van der Waals surface area contributed by atoms with Crippen molar-refractivity contribution in [2.45, 2.75) is 26.7 Å². The predicted molar refractivity (Wildman–Crippen MR) is 73.0 cm³/mol. The number of amides is 1. The lowest BCUT2D eigenvalue weighted by atomic mass is 9.93. The summed E-state index contributed by atoms with van der Waals surface area (Å²) >= 11 is 0. The third kappa shape index (κ3) is 4.84. The molecule has 0 unspecified atom stereocenters. The lowest BCUT2D eigenvalue weighted by Gasteiger charge is -2.29. The average Bonchev–Trinajstić information content (AvgIpc) is 2.36. The first kappa shape index (κ1) is 14.6. The molecule has 1 amide bonds. The van der Waals surface area contributed by atoms with E-state index in [4.69, 9.17) is 5.73 Å². The summed E-state index contributed by atoms with van der Waals surface area (Å²) in [6.07, 6.45) is 2.93. The normalized spacial score (nSPS) is 11.3. The number of nitrogens with two attached hydrogens (primary N) is 1. The molecule has 18 heavy (non-hydrogen) atoms. The topological polar surface area (TPSA) is 59.2 Å². The van der Waals surface area contributed by atoms with Crippen LogP contribution in [0.25, 0.3) is 0 Å². The molecule has 0 saturated heterocycles. The van der Waals surface area contributed by atoms with Gasteiger partial charge in [0.1, 0.15) is 0 Å². The van der Waals surface area contributed by atoms with Gasteiger partial charge in [0.05, 0.1) is 0 Å². The summed E-state index contributed by atoms with van der Waals surface area (Å²) in [5, 5.41) is 0. The Labute approximate surface area is 109 Å². The van der Waals surface area contributed by atoms with Crippen molar-refractivity contribution >= 4 is 5.91 Å². The molecule has 1 aromatic heterocycles. The van der Waals surface area contributed by atoms with Crippen molar-refractivity contribution < 1.29 is 4.79 Å². The van der Waals surface area contributed by atoms with E-state index in [0.29, 0.717) is 25.9 Å². The lowest BCUT2D eigenvalue weighted by Crippen LogP contribution is -2.39. The number of hydrogen-bond donors (Lipinski definition) is 1. The van der Waals surface area contributed by atoms with Crippen molar-refractivity contribution in [3.05, 3.63) is 30.1 Å². The third-order valence-corrected chi connectivity index (χ3v) is 2.96. The predicted octanol–water partition coefficient (Wildman–Crippen LogP) is 1.46. The fourth-order valence-electron chi connectivity index (χ4n) is 1.77. The van der Waals surface area contributed by atoms with Gasteiger partial charge in [-0.1, -0.05) is 19.9 Å². The van der Waals surface area contributed by atoms with Crippen LogP contribution in [-0.2, 0) is 11.2 Å². The summed E-state index contributed by atoms with van der Waals surface area (Å²) in [4.78, 5) is 17.9. The molecule has 0 aliphatic carbocycles. The van der Waals surface area contributed by atoms with Crippen LogP contribution >= 0.6 is 0 Å². The zero-order chi connectivity index (χ0) is 13.6. The summed E-state index contributed by atoms with van der Waals surface area (Å²) in [6, 6.07) is 5.76. The van der Waals surface area contributed by atoms with Gasteiger partial charge in [-0.15, -0.1) is 0 Å². The Kier molecular flexibility index (Phi) is 5.28. The van der Waals surface area contributed by atoms with Crippen molar-refractivity contribution in [1.29, 1.82) is 0 Å². The zero-order valence-corrected chi connectivity index (χ0v) is 11.5. The van der Waals surface area contributed by atoms with Crippen LogP contribution in [-0.4, -0.2) is 35.9 Å². The molecule has 0 spiro atoms. The number of carbonyl (C=O) groups excluding carboxylic acids is 1.